The minimum atomic E-state index is -0.299. The highest BCUT2D eigenvalue weighted by molar-refractivity contribution is 9.11. The molecule has 0 fully saturated rings. The van der Waals surface area contributed by atoms with Crippen LogP contribution in [0.2, 0.25) is 0 Å². The fourth-order valence-electron chi connectivity index (χ4n) is 0.346. The molecule has 3 heteroatoms. The lowest BCUT2D eigenvalue weighted by Crippen LogP contribution is -1.98. The first-order valence-electron chi connectivity index (χ1n) is 2.67. The van der Waals surface area contributed by atoms with E-state index in [2.05, 4.69) is 20.7 Å². The van der Waals surface area contributed by atoms with Crippen molar-refractivity contribution in [2.45, 2.75) is 13.8 Å². The summed E-state index contributed by atoms with van der Waals surface area (Å²) in [5, 5.41) is 0. The van der Waals surface area contributed by atoms with Gasteiger partial charge in [-0.05, 0) is 18.3 Å². The maximum absolute atomic E-state index is 10.5. The molecule has 0 aromatic heterocycles. The number of hydrogen-bond donors (Lipinski definition) is 0. The summed E-state index contributed by atoms with van der Waals surface area (Å²) in [6, 6.07) is 0. The van der Waals surface area contributed by atoms with Gasteiger partial charge in [0.15, 0.2) is 0 Å². The van der Waals surface area contributed by atoms with E-state index < -0.39 is 0 Å². The Labute approximate surface area is 63.0 Å². The molecule has 0 saturated heterocycles. The molecule has 0 rings (SSSR count). The van der Waals surface area contributed by atoms with E-state index in [4.69, 9.17) is 0 Å². The first-order valence-corrected chi connectivity index (χ1v) is 3.46. The summed E-state index contributed by atoms with van der Waals surface area (Å²) in [5.41, 5.74) is 0. The molecule has 0 bridgehead atoms. The second-order valence-corrected chi connectivity index (χ2v) is 2.73. The standard InChI is InChI=1S/C6H9BrO2/c1-3-9-6(8)4-5(2)7/h4H,3H2,1-2H3/b5-4+. The van der Waals surface area contributed by atoms with E-state index >= 15 is 0 Å². The summed E-state index contributed by atoms with van der Waals surface area (Å²) < 4.78 is 5.39. The Bertz CT molecular complexity index is 125. The van der Waals surface area contributed by atoms with Crippen LogP contribution in [-0.2, 0) is 9.53 Å². The van der Waals surface area contributed by atoms with Crippen LogP contribution in [0.4, 0.5) is 0 Å². The van der Waals surface area contributed by atoms with Gasteiger partial charge in [-0.15, -0.1) is 0 Å². The number of carbonyl (C=O) groups excluding carboxylic acids is 1. The number of esters is 1. The lowest BCUT2D eigenvalue weighted by atomic mass is 10.5. The van der Waals surface area contributed by atoms with Gasteiger partial charge < -0.3 is 4.74 Å². The fourth-order valence-corrected chi connectivity index (χ4v) is 0.533. The Hall–Kier alpha value is -0.310. The number of hydrogen-bond acceptors (Lipinski definition) is 2. The van der Waals surface area contributed by atoms with Crippen LogP contribution in [0.5, 0.6) is 0 Å². The van der Waals surface area contributed by atoms with Gasteiger partial charge in [0.1, 0.15) is 0 Å². The van der Waals surface area contributed by atoms with Crippen molar-refractivity contribution in [3.63, 3.8) is 0 Å². The van der Waals surface area contributed by atoms with E-state index in [1.165, 1.54) is 6.08 Å². The molecule has 0 atom stereocenters. The number of halogens is 1. The van der Waals surface area contributed by atoms with Gasteiger partial charge in [0.05, 0.1) is 6.61 Å². The second-order valence-electron chi connectivity index (χ2n) is 1.48. The van der Waals surface area contributed by atoms with E-state index in [0.29, 0.717) is 6.61 Å². The molecule has 0 spiro atoms. The quantitative estimate of drug-likeness (QED) is 0.494. The highest BCUT2D eigenvalue weighted by Gasteiger charge is 1.93. The van der Waals surface area contributed by atoms with E-state index in [-0.39, 0.29) is 5.97 Å². The van der Waals surface area contributed by atoms with Gasteiger partial charge in [0, 0.05) is 6.08 Å². The van der Waals surface area contributed by atoms with Gasteiger partial charge in [-0.2, -0.15) is 0 Å². The van der Waals surface area contributed by atoms with E-state index in [1.807, 2.05) is 0 Å². The monoisotopic (exact) mass is 192 g/mol. The Morgan fingerprint density at radius 3 is 2.67 bits per heavy atom. The maximum atomic E-state index is 10.5. The molecule has 0 heterocycles. The van der Waals surface area contributed by atoms with Gasteiger partial charge in [-0.3, -0.25) is 0 Å². The van der Waals surface area contributed by atoms with Crippen LogP contribution < -0.4 is 0 Å². The average Bonchev–Trinajstić information content (AvgIpc) is 1.63. The second kappa shape index (κ2) is 4.56. The topological polar surface area (TPSA) is 26.3 Å². The summed E-state index contributed by atoms with van der Waals surface area (Å²) in [6.07, 6.45) is 1.39. The third kappa shape index (κ3) is 5.56. The number of carbonyl (C=O) groups is 1. The van der Waals surface area contributed by atoms with Crippen molar-refractivity contribution < 1.29 is 9.53 Å². The number of rotatable bonds is 2. The summed E-state index contributed by atoms with van der Waals surface area (Å²) in [6.45, 7) is 3.97. The molecule has 0 aliphatic rings. The van der Waals surface area contributed by atoms with Crippen molar-refractivity contribution in [3.05, 3.63) is 10.6 Å². The zero-order valence-electron chi connectivity index (χ0n) is 5.48. The third-order valence-electron chi connectivity index (χ3n) is 0.603. The van der Waals surface area contributed by atoms with Gasteiger partial charge in [0.2, 0.25) is 0 Å². The van der Waals surface area contributed by atoms with Crippen LogP contribution >= 0.6 is 15.9 Å². The molecule has 0 unspecified atom stereocenters. The van der Waals surface area contributed by atoms with E-state index in [1.54, 1.807) is 13.8 Å². The van der Waals surface area contributed by atoms with Crippen LogP contribution in [-0.4, -0.2) is 12.6 Å². The first kappa shape index (κ1) is 8.69. The van der Waals surface area contributed by atoms with Crippen molar-refractivity contribution in [2.24, 2.45) is 0 Å². The third-order valence-corrected chi connectivity index (χ3v) is 0.832. The van der Waals surface area contributed by atoms with Gasteiger partial charge >= 0.3 is 5.97 Å². The molecule has 0 radical (unpaired) electrons. The fraction of sp³-hybridized carbons (Fsp3) is 0.500. The zero-order chi connectivity index (χ0) is 7.28. The minimum Gasteiger partial charge on any atom is -0.463 e. The SMILES string of the molecule is CCOC(=O)/C=C(\C)Br. The summed E-state index contributed by atoms with van der Waals surface area (Å²) >= 11 is 3.11. The molecule has 2 nitrogen and oxygen atoms in total. The van der Waals surface area contributed by atoms with Gasteiger partial charge in [-0.25, -0.2) is 4.79 Å². The first-order chi connectivity index (χ1) is 4.16. The highest BCUT2D eigenvalue weighted by atomic mass is 79.9. The molecule has 0 aromatic carbocycles. The predicted octanol–water partition coefficient (Wildman–Crippen LogP) is 1.85. The Morgan fingerprint density at radius 2 is 2.33 bits per heavy atom. The van der Waals surface area contributed by atoms with Gasteiger partial charge in [-0.1, -0.05) is 15.9 Å². The summed E-state index contributed by atoms with van der Waals surface area (Å²) in [7, 11) is 0. The molecular weight excluding hydrogens is 184 g/mol. The zero-order valence-corrected chi connectivity index (χ0v) is 7.06. The maximum Gasteiger partial charge on any atom is 0.331 e. The Morgan fingerprint density at radius 1 is 1.78 bits per heavy atom. The lowest BCUT2D eigenvalue weighted by molar-refractivity contribution is -0.137. The molecule has 0 N–H and O–H groups in total. The minimum absolute atomic E-state index is 0.299. The lowest BCUT2D eigenvalue weighted by Gasteiger charge is -1.93. The van der Waals surface area contributed by atoms with Crippen LogP contribution in [0.25, 0.3) is 0 Å². The summed E-state index contributed by atoms with van der Waals surface area (Å²) in [4.78, 5) is 10.5. The number of allylic oxidation sites excluding steroid dienone is 1. The Balaban J connectivity index is 3.63. The number of ether oxygens (including phenoxy) is 1. The average molecular weight is 193 g/mol. The van der Waals surface area contributed by atoms with E-state index in [0.717, 1.165) is 4.48 Å². The van der Waals surface area contributed by atoms with Crippen molar-refractivity contribution in [2.75, 3.05) is 6.61 Å². The Kier molecular flexibility index (Phi) is 4.40. The smallest absolute Gasteiger partial charge is 0.331 e. The van der Waals surface area contributed by atoms with Crippen molar-refractivity contribution in [3.8, 4) is 0 Å². The largest absolute Gasteiger partial charge is 0.463 e. The van der Waals surface area contributed by atoms with Crippen molar-refractivity contribution in [1.82, 2.24) is 0 Å². The van der Waals surface area contributed by atoms with Crippen molar-refractivity contribution in [1.29, 1.82) is 0 Å². The molecule has 0 saturated carbocycles. The predicted molar refractivity (Wildman–Crippen MR) is 39.3 cm³/mol. The van der Waals surface area contributed by atoms with Gasteiger partial charge in [0.25, 0.3) is 0 Å². The van der Waals surface area contributed by atoms with Crippen LogP contribution in [0.3, 0.4) is 0 Å². The van der Waals surface area contributed by atoms with Crippen LogP contribution in [0.1, 0.15) is 13.8 Å². The molecule has 0 amide bonds. The normalized spacial score (nSPS) is 11.2. The van der Waals surface area contributed by atoms with Crippen molar-refractivity contribution >= 4 is 21.9 Å². The molecule has 0 aromatic rings. The highest BCUT2D eigenvalue weighted by Crippen LogP contribution is 2.01. The van der Waals surface area contributed by atoms with Crippen LogP contribution in [0, 0.1) is 0 Å². The molecule has 0 aliphatic heterocycles. The molecule has 0 aliphatic carbocycles. The van der Waals surface area contributed by atoms with E-state index in [9.17, 15) is 4.79 Å². The molecule has 52 valence electrons. The van der Waals surface area contributed by atoms with Crippen LogP contribution in [0.15, 0.2) is 10.6 Å². The molecule has 9 heavy (non-hydrogen) atoms. The molecular formula is C6H9BrO2. The summed E-state index contributed by atoms with van der Waals surface area (Å²) in [5.74, 6) is -0.299.